The first-order valence-corrected chi connectivity index (χ1v) is 10.1. The second-order valence-corrected chi connectivity index (χ2v) is 8.09. The Morgan fingerprint density at radius 3 is 3.07 bits per heavy atom. The zero-order valence-electron chi connectivity index (χ0n) is 15.3. The van der Waals surface area contributed by atoms with E-state index in [2.05, 4.69) is 15.3 Å². The molecule has 1 aliphatic heterocycles. The molecule has 2 N–H and O–H groups in total. The van der Waals surface area contributed by atoms with E-state index in [1.54, 1.807) is 11.0 Å². The van der Waals surface area contributed by atoms with Crippen LogP contribution in [0.5, 0.6) is 0 Å². The number of para-hydroxylation sites is 1. The van der Waals surface area contributed by atoms with Crippen molar-refractivity contribution < 1.29 is 14.0 Å². The normalized spacial score (nSPS) is 16.8. The minimum absolute atomic E-state index is 0.0400. The van der Waals surface area contributed by atoms with Crippen LogP contribution in [0.2, 0.25) is 0 Å². The van der Waals surface area contributed by atoms with Gasteiger partial charge < -0.3 is 15.2 Å². The van der Waals surface area contributed by atoms with Crippen molar-refractivity contribution in [3.05, 3.63) is 60.0 Å². The SMILES string of the molecule is O=C(Nc1nc2ccc(F)cc2s1)C1CCC(=O)N1Cc1c[nH]c2ccccc12. The summed E-state index contributed by atoms with van der Waals surface area (Å²) in [6.07, 6.45) is 2.69. The zero-order valence-corrected chi connectivity index (χ0v) is 16.1. The summed E-state index contributed by atoms with van der Waals surface area (Å²) in [5.74, 6) is -0.651. The summed E-state index contributed by atoms with van der Waals surface area (Å²) in [6, 6.07) is 11.6. The lowest BCUT2D eigenvalue weighted by Gasteiger charge is -2.23. The number of carbonyl (C=O) groups is 2. The number of aromatic amines is 1. The van der Waals surface area contributed by atoms with Gasteiger partial charge in [-0.1, -0.05) is 29.5 Å². The number of aromatic nitrogens is 2. The highest BCUT2D eigenvalue weighted by Gasteiger charge is 2.36. The molecule has 1 unspecified atom stereocenters. The van der Waals surface area contributed by atoms with Crippen LogP contribution in [0.4, 0.5) is 9.52 Å². The third-order valence-electron chi connectivity index (χ3n) is 5.23. The maximum atomic E-state index is 13.4. The topological polar surface area (TPSA) is 78.1 Å². The van der Waals surface area contributed by atoms with Gasteiger partial charge in [-0.25, -0.2) is 9.37 Å². The molecule has 0 bridgehead atoms. The Hall–Kier alpha value is -3.26. The predicted molar refractivity (Wildman–Crippen MR) is 110 cm³/mol. The molecule has 2 aromatic carbocycles. The lowest BCUT2D eigenvalue weighted by Crippen LogP contribution is -2.41. The average molecular weight is 408 g/mol. The molecule has 2 amide bonds. The van der Waals surface area contributed by atoms with Gasteiger partial charge >= 0.3 is 0 Å². The Bertz CT molecular complexity index is 1250. The summed E-state index contributed by atoms with van der Waals surface area (Å²) in [7, 11) is 0. The van der Waals surface area contributed by atoms with Crippen molar-refractivity contribution in [3.63, 3.8) is 0 Å². The summed E-state index contributed by atoms with van der Waals surface area (Å²) < 4.78 is 14.0. The third-order valence-corrected chi connectivity index (χ3v) is 6.16. The van der Waals surface area contributed by atoms with Crippen molar-refractivity contribution >= 4 is 49.4 Å². The number of nitrogens with one attached hydrogen (secondary N) is 2. The number of hydrogen-bond acceptors (Lipinski definition) is 4. The van der Waals surface area contributed by atoms with E-state index in [-0.39, 0.29) is 17.6 Å². The molecule has 4 aromatic rings. The highest BCUT2D eigenvalue weighted by Crippen LogP contribution is 2.29. The predicted octanol–water partition coefficient (Wildman–Crippen LogP) is 4.05. The summed E-state index contributed by atoms with van der Waals surface area (Å²) in [5.41, 5.74) is 2.60. The number of amides is 2. The zero-order chi connectivity index (χ0) is 20.0. The van der Waals surface area contributed by atoms with Gasteiger partial charge in [0.25, 0.3) is 0 Å². The second-order valence-electron chi connectivity index (χ2n) is 7.06. The number of fused-ring (bicyclic) bond motifs is 2. The molecule has 1 saturated heterocycles. The van der Waals surface area contributed by atoms with Crippen molar-refractivity contribution in [1.82, 2.24) is 14.9 Å². The van der Waals surface area contributed by atoms with E-state index in [1.165, 1.54) is 23.5 Å². The Labute approximate surface area is 169 Å². The minimum atomic E-state index is -0.556. The van der Waals surface area contributed by atoms with Crippen LogP contribution in [0.1, 0.15) is 18.4 Å². The van der Waals surface area contributed by atoms with Gasteiger partial charge in [-0.2, -0.15) is 0 Å². The van der Waals surface area contributed by atoms with Gasteiger partial charge in [0, 0.05) is 30.1 Å². The lowest BCUT2D eigenvalue weighted by molar-refractivity contribution is -0.133. The van der Waals surface area contributed by atoms with Gasteiger partial charge in [0.2, 0.25) is 11.8 Å². The Balaban J connectivity index is 1.37. The van der Waals surface area contributed by atoms with E-state index in [1.807, 2.05) is 30.5 Å². The van der Waals surface area contributed by atoms with E-state index in [0.717, 1.165) is 16.5 Å². The molecular weight excluding hydrogens is 391 g/mol. The van der Waals surface area contributed by atoms with Crippen LogP contribution in [-0.4, -0.2) is 32.7 Å². The first-order chi connectivity index (χ1) is 14.1. The van der Waals surface area contributed by atoms with Crippen molar-refractivity contribution in [2.24, 2.45) is 0 Å². The first-order valence-electron chi connectivity index (χ1n) is 9.30. The maximum Gasteiger partial charge on any atom is 0.248 e. The quantitative estimate of drug-likeness (QED) is 0.535. The maximum absolute atomic E-state index is 13.4. The average Bonchev–Trinajstić information content (AvgIpc) is 3.39. The molecule has 2 aromatic heterocycles. The van der Waals surface area contributed by atoms with Gasteiger partial charge in [-0.05, 0) is 36.2 Å². The van der Waals surface area contributed by atoms with E-state index < -0.39 is 6.04 Å². The number of benzene rings is 2. The van der Waals surface area contributed by atoms with Crippen molar-refractivity contribution in [2.45, 2.75) is 25.4 Å². The third kappa shape index (κ3) is 3.25. The summed E-state index contributed by atoms with van der Waals surface area (Å²) in [5, 5.41) is 4.25. The van der Waals surface area contributed by atoms with Gasteiger partial charge in [0.05, 0.1) is 10.2 Å². The number of thiazole rings is 1. The van der Waals surface area contributed by atoms with Gasteiger partial charge in [-0.3, -0.25) is 9.59 Å². The Morgan fingerprint density at radius 1 is 1.31 bits per heavy atom. The highest BCUT2D eigenvalue weighted by molar-refractivity contribution is 7.22. The number of carbonyl (C=O) groups excluding carboxylic acids is 2. The fraction of sp³-hybridized carbons (Fsp3) is 0.190. The van der Waals surface area contributed by atoms with E-state index in [4.69, 9.17) is 0 Å². The molecule has 0 saturated carbocycles. The van der Waals surface area contributed by atoms with E-state index >= 15 is 0 Å². The number of halogens is 1. The Kier molecular flexibility index (Phi) is 4.28. The molecule has 3 heterocycles. The second kappa shape index (κ2) is 6.97. The monoisotopic (exact) mass is 408 g/mol. The number of H-pyrrole nitrogens is 1. The largest absolute Gasteiger partial charge is 0.361 e. The van der Waals surface area contributed by atoms with Crippen LogP contribution in [0.25, 0.3) is 21.1 Å². The van der Waals surface area contributed by atoms with Crippen LogP contribution in [0.15, 0.2) is 48.7 Å². The summed E-state index contributed by atoms with van der Waals surface area (Å²) in [6.45, 7) is 0.367. The van der Waals surface area contributed by atoms with Crippen molar-refractivity contribution in [1.29, 1.82) is 0 Å². The minimum Gasteiger partial charge on any atom is -0.361 e. The molecule has 146 valence electrons. The molecule has 6 nitrogen and oxygen atoms in total. The molecule has 1 atom stereocenters. The molecule has 0 aliphatic carbocycles. The number of hydrogen-bond donors (Lipinski definition) is 2. The standard InChI is InChI=1S/C21H17FN4O2S/c22-13-5-6-16-18(9-13)29-21(24-16)25-20(28)17-7-8-19(27)26(17)11-12-10-23-15-4-2-1-3-14(12)15/h1-6,9-10,17,23H,7-8,11H2,(H,24,25,28). The summed E-state index contributed by atoms with van der Waals surface area (Å²) in [4.78, 5) is 34.5. The van der Waals surface area contributed by atoms with Crippen LogP contribution >= 0.6 is 11.3 Å². The van der Waals surface area contributed by atoms with Crippen molar-refractivity contribution in [2.75, 3.05) is 5.32 Å². The molecule has 1 fully saturated rings. The molecule has 1 aliphatic rings. The van der Waals surface area contributed by atoms with Crippen molar-refractivity contribution in [3.8, 4) is 0 Å². The van der Waals surface area contributed by atoms with Gasteiger partial charge in [0.15, 0.2) is 5.13 Å². The van der Waals surface area contributed by atoms with E-state index in [9.17, 15) is 14.0 Å². The van der Waals surface area contributed by atoms with Gasteiger partial charge in [-0.15, -0.1) is 0 Å². The van der Waals surface area contributed by atoms with Crippen LogP contribution in [0, 0.1) is 5.82 Å². The highest BCUT2D eigenvalue weighted by atomic mass is 32.1. The molecule has 29 heavy (non-hydrogen) atoms. The number of nitrogens with zero attached hydrogens (tertiary/aromatic N) is 2. The number of likely N-dealkylation sites (tertiary alicyclic amines) is 1. The number of anilines is 1. The first kappa shape index (κ1) is 17.8. The lowest BCUT2D eigenvalue weighted by atomic mass is 10.1. The molecule has 0 spiro atoms. The van der Waals surface area contributed by atoms with Crippen LogP contribution < -0.4 is 5.32 Å². The summed E-state index contributed by atoms with van der Waals surface area (Å²) >= 11 is 1.22. The number of rotatable bonds is 4. The van der Waals surface area contributed by atoms with Crippen LogP contribution in [-0.2, 0) is 16.1 Å². The van der Waals surface area contributed by atoms with Gasteiger partial charge in [0.1, 0.15) is 11.9 Å². The fourth-order valence-electron chi connectivity index (χ4n) is 3.79. The van der Waals surface area contributed by atoms with E-state index in [0.29, 0.717) is 34.7 Å². The smallest absolute Gasteiger partial charge is 0.248 e. The molecule has 5 rings (SSSR count). The fourth-order valence-corrected chi connectivity index (χ4v) is 4.68. The Morgan fingerprint density at radius 2 is 2.17 bits per heavy atom. The molecular formula is C21H17FN4O2S. The molecule has 0 radical (unpaired) electrons. The van der Waals surface area contributed by atoms with Crippen LogP contribution in [0.3, 0.4) is 0 Å². The molecule has 8 heteroatoms.